The molecule has 0 aliphatic rings. The van der Waals surface area contributed by atoms with E-state index in [0.717, 1.165) is 15.6 Å². The maximum atomic E-state index is 11.7. The van der Waals surface area contributed by atoms with Gasteiger partial charge in [0.2, 0.25) is 0 Å². The molecule has 2 aromatic heterocycles. The van der Waals surface area contributed by atoms with Crippen LogP contribution in [-0.2, 0) is 0 Å². The predicted octanol–water partition coefficient (Wildman–Crippen LogP) is 4.38. The highest BCUT2D eigenvalue weighted by molar-refractivity contribution is 7.16. The zero-order valence-corrected chi connectivity index (χ0v) is 12.6. The summed E-state index contributed by atoms with van der Waals surface area (Å²) in [4.78, 5) is 15.5. The smallest absolute Gasteiger partial charge is 0.256 e. The van der Waals surface area contributed by atoms with Gasteiger partial charge in [0.15, 0.2) is 0 Å². The van der Waals surface area contributed by atoms with Crippen LogP contribution in [0.15, 0.2) is 34.4 Å². The summed E-state index contributed by atoms with van der Waals surface area (Å²) in [5.74, 6) is 0. The third-order valence-electron chi connectivity index (χ3n) is 2.50. The average Bonchev–Trinajstić information content (AvgIpc) is 2.91. The second-order valence-corrected chi connectivity index (χ2v) is 4.30. The number of nitrogen functional groups attached to an aromatic ring is 1. The van der Waals surface area contributed by atoms with E-state index in [4.69, 9.17) is 5.73 Å². The number of benzene rings is 1. The molecule has 0 spiro atoms. The summed E-state index contributed by atoms with van der Waals surface area (Å²) in [5.41, 5.74) is 6.48. The number of aromatic amines is 1. The lowest BCUT2D eigenvalue weighted by Gasteiger charge is -2.02. The van der Waals surface area contributed by atoms with Gasteiger partial charge < -0.3 is 10.7 Å². The van der Waals surface area contributed by atoms with E-state index in [2.05, 4.69) is 4.98 Å². The van der Waals surface area contributed by atoms with Crippen molar-refractivity contribution in [3.63, 3.8) is 0 Å². The van der Waals surface area contributed by atoms with Crippen molar-refractivity contribution in [1.82, 2.24) is 4.98 Å². The topological polar surface area (TPSA) is 58.9 Å². The molecular formula is C15H20N2OS. The monoisotopic (exact) mass is 276 g/mol. The molecule has 0 fully saturated rings. The Balaban J connectivity index is 0.000000415. The molecule has 3 nitrogen and oxygen atoms in total. The first-order valence-electron chi connectivity index (χ1n) is 6.55. The van der Waals surface area contributed by atoms with Gasteiger partial charge in [-0.15, -0.1) is 11.3 Å². The Labute approximate surface area is 117 Å². The average molecular weight is 276 g/mol. The molecule has 0 unspecified atom stereocenters. The minimum absolute atomic E-state index is 0.0766. The van der Waals surface area contributed by atoms with Crippen molar-refractivity contribution in [3.05, 3.63) is 40.0 Å². The maximum absolute atomic E-state index is 11.7. The summed E-state index contributed by atoms with van der Waals surface area (Å²) in [6.07, 6.45) is 0. The molecule has 0 saturated carbocycles. The van der Waals surface area contributed by atoms with Crippen molar-refractivity contribution in [2.24, 2.45) is 0 Å². The Kier molecular flexibility index (Phi) is 5.57. The summed E-state index contributed by atoms with van der Waals surface area (Å²) in [7, 11) is 0. The van der Waals surface area contributed by atoms with Crippen molar-refractivity contribution in [1.29, 1.82) is 0 Å². The van der Waals surface area contributed by atoms with Gasteiger partial charge in [-0.2, -0.15) is 0 Å². The van der Waals surface area contributed by atoms with Gasteiger partial charge in [-0.3, -0.25) is 4.79 Å². The number of nitrogens with two attached hydrogens (primary N) is 1. The van der Waals surface area contributed by atoms with E-state index < -0.39 is 0 Å². The molecule has 0 aliphatic heterocycles. The lowest BCUT2D eigenvalue weighted by atomic mass is 10.1. The van der Waals surface area contributed by atoms with Crippen LogP contribution in [0.2, 0.25) is 0 Å². The molecule has 3 rings (SSSR count). The fourth-order valence-corrected chi connectivity index (χ4v) is 2.62. The van der Waals surface area contributed by atoms with Crippen molar-refractivity contribution in [2.45, 2.75) is 27.7 Å². The van der Waals surface area contributed by atoms with E-state index in [1.165, 1.54) is 11.3 Å². The number of aromatic nitrogens is 1. The van der Waals surface area contributed by atoms with Gasteiger partial charge in [-0.1, -0.05) is 33.8 Å². The van der Waals surface area contributed by atoms with Crippen LogP contribution in [0.1, 0.15) is 27.7 Å². The van der Waals surface area contributed by atoms with Crippen molar-refractivity contribution in [3.8, 4) is 0 Å². The number of fused-ring (bicyclic) bond motifs is 3. The highest BCUT2D eigenvalue weighted by Crippen LogP contribution is 2.28. The first-order valence-corrected chi connectivity index (χ1v) is 7.43. The molecule has 0 atom stereocenters. The van der Waals surface area contributed by atoms with E-state index in [0.29, 0.717) is 11.1 Å². The van der Waals surface area contributed by atoms with Gasteiger partial charge in [-0.25, -0.2) is 0 Å². The molecule has 3 N–H and O–H groups in total. The zero-order valence-electron chi connectivity index (χ0n) is 11.8. The molecule has 4 heteroatoms. The van der Waals surface area contributed by atoms with Crippen LogP contribution in [0, 0.1) is 0 Å². The molecule has 0 aliphatic carbocycles. The predicted molar refractivity (Wildman–Crippen MR) is 87.1 cm³/mol. The maximum Gasteiger partial charge on any atom is 0.256 e. The second-order valence-electron chi connectivity index (χ2n) is 3.39. The van der Waals surface area contributed by atoms with Gasteiger partial charge >= 0.3 is 0 Å². The van der Waals surface area contributed by atoms with Crippen LogP contribution in [0.5, 0.6) is 0 Å². The third kappa shape index (κ3) is 2.79. The van der Waals surface area contributed by atoms with Crippen LogP contribution in [-0.4, -0.2) is 4.98 Å². The third-order valence-corrected chi connectivity index (χ3v) is 3.33. The Morgan fingerprint density at radius 2 is 1.74 bits per heavy atom. The normalized spacial score (nSPS) is 9.47. The molecule has 19 heavy (non-hydrogen) atoms. The number of anilines is 1. The zero-order chi connectivity index (χ0) is 14.4. The van der Waals surface area contributed by atoms with Crippen LogP contribution in [0.25, 0.3) is 21.0 Å². The first-order chi connectivity index (χ1) is 9.27. The Hall–Kier alpha value is -1.81. The summed E-state index contributed by atoms with van der Waals surface area (Å²) >= 11 is 1.51. The number of H-pyrrole nitrogens is 1. The fourth-order valence-electron chi connectivity index (χ4n) is 1.83. The first kappa shape index (κ1) is 15.2. The molecular weight excluding hydrogens is 256 g/mol. The van der Waals surface area contributed by atoms with Crippen molar-refractivity contribution in [2.75, 3.05) is 5.73 Å². The summed E-state index contributed by atoms with van der Waals surface area (Å²) in [6, 6.07) is 7.39. The molecule has 0 amide bonds. The molecule has 3 aromatic rings. The van der Waals surface area contributed by atoms with Crippen LogP contribution in [0.3, 0.4) is 0 Å². The van der Waals surface area contributed by atoms with E-state index >= 15 is 0 Å². The number of hydrogen-bond acceptors (Lipinski definition) is 3. The van der Waals surface area contributed by atoms with E-state index in [-0.39, 0.29) is 5.56 Å². The Bertz CT molecular complexity index is 713. The summed E-state index contributed by atoms with van der Waals surface area (Å²) in [5, 5.41) is 4.48. The molecule has 0 radical (unpaired) electrons. The lowest BCUT2D eigenvalue weighted by Crippen LogP contribution is -2.06. The highest BCUT2D eigenvalue weighted by atomic mass is 32.1. The standard InChI is InChI=1S/C11H8N2OS.2C2H6/c12-8-3-1-2-6-9(8)7-4-5-15-11(7)13-10(6)14;2*1-2/h1-5H,12H2,(H,13,14);2*1-2H3. The lowest BCUT2D eigenvalue weighted by molar-refractivity contribution is 1.37. The SMILES string of the molecule is CC.CC.Nc1cccc2c(=O)[nH]c3sccc3c12. The van der Waals surface area contributed by atoms with Gasteiger partial charge in [0.25, 0.3) is 5.56 Å². The van der Waals surface area contributed by atoms with Crippen molar-refractivity contribution >= 4 is 38.0 Å². The highest BCUT2D eigenvalue weighted by Gasteiger charge is 2.07. The number of rotatable bonds is 0. The van der Waals surface area contributed by atoms with Gasteiger partial charge in [0.05, 0.1) is 0 Å². The quantitative estimate of drug-likeness (QED) is 0.599. The minimum Gasteiger partial charge on any atom is -0.398 e. The van der Waals surface area contributed by atoms with Crippen LogP contribution in [0.4, 0.5) is 5.69 Å². The largest absolute Gasteiger partial charge is 0.398 e. The summed E-state index contributed by atoms with van der Waals surface area (Å²) in [6.45, 7) is 8.00. The number of pyridine rings is 1. The van der Waals surface area contributed by atoms with Gasteiger partial charge in [0, 0.05) is 21.8 Å². The minimum atomic E-state index is -0.0766. The molecule has 102 valence electrons. The number of hydrogen-bond donors (Lipinski definition) is 2. The van der Waals surface area contributed by atoms with E-state index in [1.807, 2.05) is 45.2 Å². The number of nitrogens with one attached hydrogen (secondary N) is 1. The fraction of sp³-hybridized carbons (Fsp3) is 0.267. The van der Waals surface area contributed by atoms with E-state index in [9.17, 15) is 4.79 Å². The Morgan fingerprint density at radius 3 is 2.42 bits per heavy atom. The van der Waals surface area contributed by atoms with Gasteiger partial charge in [-0.05, 0) is 23.6 Å². The second kappa shape index (κ2) is 6.95. The molecule has 1 aromatic carbocycles. The molecule has 0 saturated heterocycles. The molecule has 2 heterocycles. The Morgan fingerprint density at radius 1 is 1.05 bits per heavy atom. The van der Waals surface area contributed by atoms with E-state index in [1.54, 1.807) is 12.1 Å². The molecule has 0 bridgehead atoms. The number of thiophene rings is 1. The van der Waals surface area contributed by atoms with Crippen LogP contribution < -0.4 is 11.3 Å². The van der Waals surface area contributed by atoms with Crippen LogP contribution >= 0.6 is 11.3 Å². The van der Waals surface area contributed by atoms with Crippen molar-refractivity contribution < 1.29 is 0 Å². The van der Waals surface area contributed by atoms with Gasteiger partial charge in [0.1, 0.15) is 4.83 Å². The summed E-state index contributed by atoms with van der Waals surface area (Å²) < 4.78 is 0.